The van der Waals surface area contributed by atoms with Crippen molar-refractivity contribution in [3.63, 3.8) is 0 Å². The molecule has 0 unspecified atom stereocenters. The van der Waals surface area contributed by atoms with Gasteiger partial charge in [-0.05, 0) is 6.42 Å². The third kappa shape index (κ3) is 53.3. The fraction of sp³-hybridized carbons (Fsp3) is 0.846. The molecule has 0 aromatic rings. The Morgan fingerprint density at radius 3 is 1.15 bits per heavy atom. The fourth-order valence-corrected chi connectivity index (χ4v) is 10.6. The molecule has 0 aromatic heterocycles. The van der Waals surface area contributed by atoms with E-state index in [0.717, 1.165) is 19.3 Å². The predicted molar refractivity (Wildman–Crippen MR) is 145 cm³/mol. The van der Waals surface area contributed by atoms with E-state index < -0.39 is 17.7 Å². The van der Waals surface area contributed by atoms with E-state index >= 15 is 0 Å². The molecule has 0 aliphatic rings. The van der Waals surface area contributed by atoms with Gasteiger partial charge in [-0.15, -0.1) is 0 Å². The number of ketones is 1. The van der Waals surface area contributed by atoms with Gasteiger partial charge in [-0.3, -0.25) is 9.59 Å². The van der Waals surface area contributed by atoms with Crippen molar-refractivity contribution >= 4 is 66.3 Å². The average molecular weight is 698 g/mol. The molecular formula is C26H52O6Sn2. The molecule has 200 valence electrons. The van der Waals surface area contributed by atoms with Crippen molar-refractivity contribution in [2.75, 3.05) is 0 Å². The van der Waals surface area contributed by atoms with Gasteiger partial charge in [0.05, 0.1) is 0 Å². The van der Waals surface area contributed by atoms with E-state index in [1.165, 1.54) is 51.4 Å². The summed E-state index contributed by atoms with van der Waals surface area (Å²) in [5.74, 6) is -3.40. The topological polar surface area (TPSA) is 109 Å². The maximum atomic E-state index is 10.5. The molecule has 0 saturated carbocycles. The summed E-state index contributed by atoms with van der Waals surface area (Å²) >= 11 is 0.299. The molecule has 0 heterocycles. The van der Waals surface area contributed by atoms with Crippen molar-refractivity contribution in [3.8, 4) is 0 Å². The Hall–Kier alpha value is -0.123. The summed E-state index contributed by atoms with van der Waals surface area (Å²) in [5.41, 5.74) is 0. The zero-order valence-corrected chi connectivity index (χ0v) is 28.3. The molecule has 0 fully saturated rings. The Bertz CT molecular complexity index is 419. The molecule has 4 radical (unpaired) electrons. The molecule has 0 atom stereocenters. The Balaban J connectivity index is -0.000000182. The molecular weight excluding hydrogens is 646 g/mol. The molecule has 0 amide bonds. The molecule has 0 spiro atoms. The number of hydrogen-bond donors (Lipinski definition) is 2. The van der Waals surface area contributed by atoms with E-state index in [9.17, 15) is 9.59 Å². The SMILES string of the molecule is CCCCCCC(=O)C(=O)O.CCC[CH2][Sn][CH2]CCC.CCC[CH2][Sn][CH2]CCC.O=CC(=O)O. The van der Waals surface area contributed by atoms with Crippen LogP contribution < -0.4 is 0 Å². The van der Waals surface area contributed by atoms with Gasteiger partial charge in [0.1, 0.15) is 0 Å². The summed E-state index contributed by atoms with van der Waals surface area (Å²) < 4.78 is 6.50. The molecule has 8 heteroatoms. The molecule has 0 bridgehead atoms. The third-order valence-electron chi connectivity index (χ3n) is 4.43. The minimum Gasteiger partial charge on any atom is -0.476 e. The number of aliphatic carboxylic acids is 2. The normalized spacial score (nSPS) is 9.32. The van der Waals surface area contributed by atoms with E-state index in [4.69, 9.17) is 19.8 Å². The number of carboxylic acids is 2. The second-order valence-corrected chi connectivity index (χ2v) is 16.5. The molecule has 6 nitrogen and oxygen atoms in total. The molecule has 0 aromatic carbocycles. The zero-order valence-electron chi connectivity index (χ0n) is 22.6. The number of carbonyl (C=O) groups is 4. The first-order valence-electron chi connectivity index (χ1n) is 13.1. The van der Waals surface area contributed by atoms with Crippen LogP contribution in [-0.2, 0) is 19.2 Å². The number of carbonyl (C=O) groups excluding carboxylic acids is 2. The monoisotopic (exact) mass is 700 g/mol. The Morgan fingerprint density at radius 2 is 0.912 bits per heavy atom. The zero-order chi connectivity index (χ0) is 26.9. The van der Waals surface area contributed by atoms with Crippen LogP contribution in [0.25, 0.3) is 0 Å². The summed E-state index contributed by atoms with van der Waals surface area (Å²) in [4.78, 5) is 38.4. The summed E-state index contributed by atoms with van der Waals surface area (Å²) in [6.45, 7) is 11.2. The summed E-state index contributed by atoms with van der Waals surface area (Å²) in [6, 6.07) is 0. The maximum Gasteiger partial charge on any atom is 0.368 e. The van der Waals surface area contributed by atoms with E-state index in [2.05, 4.69) is 34.6 Å². The van der Waals surface area contributed by atoms with Crippen LogP contribution in [0.1, 0.15) is 118 Å². The minimum atomic E-state index is -1.43. The van der Waals surface area contributed by atoms with Crippen LogP contribution >= 0.6 is 0 Å². The van der Waals surface area contributed by atoms with Gasteiger partial charge >= 0.3 is 151 Å². The van der Waals surface area contributed by atoms with Crippen molar-refractivity contribution in [3.05, 3.63) is 0 Å². The van der Waals surface area contributed by atoms with Gasteiger partial charge in [-0.2, -0.15) is 0 Å². The molecule has 0 aliphatic carbocycles. The molecule has 0 aliphatic heterocycles. The second kappa shape index (κ2) is 40.1. The van der Waals surface area contributed by atoms with Crippen LogP contribution in [0.15, 0.2) is 0 Å². The van der Waals surface area contributed by atoms with Gasteiger partial charge in [0, 0.05) is 6.42 Å². The first-order chi connectivity index (χ1) is 16.3. The largest absolute Gasteiger partial charge is 0.476 e. The van der Waals surface area contributed by atoms with Crippen LogP contribution in [0.5, 0.6) is 0 Å². The predicted octanol–water partition coefficient (Wildman–Crippen LogP) is 7.14. The van der Waals surface area contributed by atoms with Gasteiger partial charge in [-0.25, -0.2) is 9.59 Å². The van der Waals surface area contributed by atoms with Crippen molar-refractivity contribution < 1.29 is 29.4 Å². The van der Waals surface area contributed by atoms with Crippen LogP contribution in [0.2, 0.25) is 17.7 Å². The van der Waals surface area contributed by atoms with Crippen molar-refractivity contribution in [1.29, 1.82) is 0 Å². The summed E-state index contributed by atoms with van der Waals surface area (Å²) in [6.07, 6.45) is 15.5. The first kappa shape index (κ1) is 41.0. The summed E-state index contributed by atoms with van der Waals surface area (Å²) in [7, 11) is 0. The summed E-state index contributed by atoms with van der Waals surface area (Å²) in [5, 5.41) is 15.5. The van der Waals surface area contributed by atoms with E-state index in [-0.39, 0.29) is 55.0 Å². The van der Waals surface area contributed by atoms with Crippen molar-refractivity contribution in [1.82, 2.24) is 0 Å². The number of aldehydes is 1. The minimum absolute atomic E-state index is 0.149. The van der Waals surface area contributed by atoms with Gasteiger partial charge in [0.2, 0.25) is 12.1 Å². The van der Waals surface area contributed by atoms with Gasteiger partial charge in [-0.1, -0.05) is 26.2 Å². The average Bonchev–Trinajstić information content (AvgIpc) is 2.82. The number of Topliss-reactive ketones (excluding diaryl/α,β-unsaturated/α-hetero) is 1. The number of carboxylic acid groups (broad SMARTS) is 2. The van der Waals surface area contributed by atoms with E-state index in [1.807, 2.05) is 0 Å². The Morgan fingerprint density at radius 1 is 0.588 bits per heavy atom. The molecule has 0 rings (SSSR count). The number of hydrogen-bond acceptors (Lipinski definition) is 4. The molecule has 2 N–H and O–H groups in total. The number of unbranched alkanes of at least 4 members (excludes halogenated alkanes) is 7. The van der Waals surface area contributed by atoms with Crippen LogP contribution in [0.4, 0.5) is 0 Å². The van der Waals surface area contributed by atoms with E-state index in [0.29, 0.717) is 6.42 Å². The second-order valence-electron chi connectivity index (χ2n) is 7.91. The van der Waals surface area contributed by atoms with Gasteiger partial charge in [0.15, 0.2) is 0 Å². The van der Waals surface area contributed by atoms with Crippen LogP contribution in [-0.4, -0.2) is 76.5 Å². The van der Waals surface area contributed by atoms with Crippen molar-refractivity contribution in [2.24, 2.45) is 0 Å². The first-order valence-corrected chi connectivity index (χ1v) is 21.2. The van der Waals surface area contributed by atoms with Crippen LogP contribution in [0, 0.1) is 0 Å². The van der Waals surface area contributed by atoms with Gasteiger partial charge < -0.3 is 10.2 Å². The van der Waals surface area contributed by atoms with Crippen LogP contribution in [0.3, 0.4) is 0 Å². The van der Waals surface area contributed by atoms with Gasteiger partial charge in [0.25, 0.3) is 0 Å². The molecule has 0 saturated heterocycles. The van der Waals surface area contributed by atoms with E-state index in [1.54, 1.807) is 17.7 Å². The Labute approximate surface area is 230 Å². The maximum absolute atomic E-state index is 10.5. The number of rotatable bonds is 19. The fourth-order valence-electron chi connectivity index (χ4n) is 2.28. The smallest absolute Gasteiger partial charge is 0.368 e. The molecule has 34 heavy (non-hydrogen) atoms. The quantitative estimate of drug-likeness (QED) is 0.0644. The third-order valence-corrected chi connectivity index (χ3v) is 12.5. The Kier molecular flexibility index (Phi) is 48.3. The standard InChI is InChI=1S/C8H14O3.4C4H9.C2H2O3.2Sn/c1-2-3-4-5-6-7(9)8(10)11;4*1-3-4-2;3-1-2(4)5;;/h2-6H2,1H3,(H,10,11);4*1,3-4H2,2H3;1H,(H,4,5);;. The van der Waals surface area contributed by atoms with Crippen molar-refractivity contribution in [2.45, 2.75) is 136 Å².